The number of aliphatic hydroxyl groups is 2. The number of nitrogens with one attached hydrogen (secondary N) is 1. The van der Waals surface area contributed by atoms with Crippen molar-refractivity contribution in [2.75, 3.05) is 6.61 Å². The van der Waals surface area contributed by atoms with Crippen molar-refractivity contribution in [2.24, 2.45) is 0 Å². The Morgan fingerprint density at radius 2 is 1.02 bits per heavy atom. The summed E-state index contributed by atoms with van der Waals surface area (Å²) in [7, 11) is 0. The maximum Gasteiger partial charge on any atom is 0.306 e. The fourth-order valence-electron chi connectivity index (χ4n) is 6.44. The molecule has 0 aliphatic carbocycles. The van der Waals surface area contributed by atoms with Crippen LogP contribution in [0.4, 0.5) is 0 Å². The van der Waals surface area contributed by atoms with Crippen LogP contribution in [-0.2, 0) is 14.3 Å². The van der Waals surface area contributed by atoms with Gasteiger partial charge in [-0.1, -0.05) is 196 Å². The highest BCUT2D eigenvalue weighted by Gasteiger charge is 2.23. The number of ether oxygens (including phenoxy) is 1. The van der Waals surface area contributed by atoms with Gasteiger partial charge in [0.15, 0.2) is 0 Å². The average molecular weight is 794 g/mol. The minimum Gasteiger partial charge on any atom is -0.458 e. The monoisotopic (exact) mass is 794 g/mol. The molecule has 0 aliphatic heterocycles. The number of carbonyl (C=O) groups excluding carboxylic acids is 2. The summed E-state index contributed by atoms with van der Waals surface area (Å²) in [5.74, 6) is -0.651. The summed E-state index contributed by atoms with van der Waals surface area (Å²) in [4.78, 5) is 25.9. The SMILES string of the molecule is CC/C=C/C/C=C/C/C=C/C/C=C/C/C=C/C(CC(=O)NC(CO)C(O)CCCCCCCCCCC)OC(=O)CCCCCCCC/C=C/C=C/CCCCC. The van der Waals surface area contributed by atoms with Crippen molar-refractivity contribution in [3.8, 4) is 0 Å². The summed E-state index contributed by atoms with van der Waals surface area (Å²) in [5, 5.41) is 23.5. The Hall–Kier alpha value is -2.96. The van der Waals surface area contributed by atoms with E-state index in [0.717, 1.165) is 77.0 Å². The van der Waals surface area contributed by atoms with Gasteiger partial charge in [-0.25, -0.2) is 0 Å². The van der Waals surface area contributed by atoms with Crippen LogP contribution in [0, 0.1) is 0 Å². The first-order chi connectivity index (χ1) is 28.0. The molecule has 0 radical (unpaired) electrons. The standard InChI is InChI=1S/C51H87NO5/c1-4-7-10-13-16-19-21-23-25-27-29-32-35-38-41-44-51(56)57-47(42-39-36-33-31-28-26-24-22-20-17-14-11-8-5-2)45-50(55)52-48(46-53)49(54)43-40-37-34-30-18-15-12-9-6-3/h8,11,16-17,19-21,23-24,26,31,33,39,42,47-49,53-54H,4-7,9-10,12-15,18,22,25,27-30,32,34-38,40-41,43-46H2,1-3H3,(H,52,55)/b11-8+,19-16+,20-17+,23-21+,26-24+,33-31+,42-39+. The van der Waals surface area contributed by atoms with Crippen LogP contribution >= 0.6 is 0 Å². The minimum absolute atomic E-state index is 0.0548. The van der Waals surface area contributed by atoms with E-state index in [0.29, 0.717) is 19.3 Å². The highest BCUT2D eigenvalue weighted by molar-refractivity contribution is 5.78. The molecule has 0 rings (SSSR count). The number of allylic oxidation sites excluding steroid dienone is 13. The smallest absolute Gasteiger partial charge is 0.306 e. The summed E-state index contributed by atoms with van der Waals surface area (Å²) in [6.07, 6.45) is 56.7. The van der Waals surface area contributed by atoms with Crippen LogP contribution < -0.4 is 5.32 Å². The normalized spacial score (nSPS) is 14.1. The molecule has 0 aromatic heterocycles. The van der Waals surface area contributed by atoms with Gasteiger partial charge in [-0.05, 0) is 76.7 Å². The molecule has 3 atom stereocenters. The highest BCUT2D eigenvalue weighted by atomic mass is 16.5. The molecule has 0 spiro atoms. The first-order valence-corrected chi connectivity index (χ1v) is 23.3. The van der Waals surface area contributed by atoms with Gasteiger partial charge < -0.3 is 20.3 Å². The Morgan fingerprint density at radius 1 is 0.561 bits per heavy atom. The van der Waals surface area contributed by atoms with Crippen molar-refractivity contribution in [1.82, 2.24) is 5.32 Å². The Balaban J connectivity index is 4.80. The fourth-order valence-corrected chi connectivity index (χ4v) is 6.44. The fraction of sp³-hybridized carbons (Fsp3) is 0.686. The number of aliphatic hydroxyl groups excluding tert-OH is 2. The molecule has 0 saturated carbocycles. The molecule has 326 valence electrons. The third-order valence-electron chi connectivity index (χ3n) is 9.98. The quantitative estimate of drug-likeness (QED) is 0.0248. The van der Waals surface area contributed by atoms with Crippen LogP contribution in [0.1, 0.15) is 201 Å². The van der Waals surface area contributed by atoms with E-state index in [-0.39, 0.29) is 24.9 Å². The van der Waals surface area contributed by atoms with E-state index in [2.05, 4.69) is 99.0 Å². The van der Waals surface area contributed by atoms with E-state index in [1.807, 2.05) is 6.08 Å². The second kappa shape index (κ2) is 44.1. The topological polar surface area (TPSA) is 95.9 Å². The van der Waals surface area contributed by atoms with Gasteiger partial charge in [0, 0.05) is 6.42 Å². The van der Waals surface area contributed by atoms with E-state index >= 15 is 0 Å². The second-order valence-electron chi connectivity index (χ2n) is 15.5. The summed E-state index contributed by atoms with van der Waals surface area (Å²) in [5.41, 5.74) is 0. The largest absolute Gasteiger partial charge is 0.458 e. The van der Waals surface area contributed by atoms with Crippen LogP contribution in [0.15, 0.2) is 85.1 Å². The van der Waals surface area contributed by atoms with E-state index < -0.39 is 18.2 Å². The van der Waals surface area contributed by atoms with E-state index in [1.165, 1.54) is 77.0 Å². The first-order valence-electron chi connectivity index (χ1n) is 23.3. The van der Waals surface area contributed by atoms with Gasteiger partial charge in [0.1, 0.15) is 6.10 Å². The van der Waals surface area contributed by atoms with Gasteiger partial charge in [-0.3, -0.25) is 9.59 Å². The van der Waals surface area contributed by atoms with Crippen molar-refractivity contribution in [3.05, 3.63) is 85.1 Å². The molecule has 0 fully saturated rings. The lowest BCUT2D eigenvalue weighted by molar-refractivity contribution is -0.148. The molecule has 6 nitrogen and oxygen atoms in total. The average Bonchev–Trinajstić information content (AvgIpc) is 3.20. The lowest BCUT2D eigenvalue weighted by Gasteiger charge is -2.23. The van der Waals surface area contributed by atoms with Gasteiger partial charge >= 0.3 is 5.97 Å². The number of unbranched alkanes of at least 4 members (excludes halogenated alkanes) is 17. The molecule has 1 amide bonds. The van der Waals surface area contributed by atoms with Crippen LogP contribution in [0.25, 0.3) is 0 Å². The number of carbonyl (C=O) groups is 2. The second-order valence-corrected chi connectivity index (χ2v) is 15.5. The third kappa shape index (κ3) is 39.6. The van der Waals surface area contributed by atoms with Crippen LogP contribution in [0.5, 0.6) is 0 Å². The maximum atomic E-state index is 13.1. The number of hydrogen-bond donors (Lipinski definition) is 3. The van der Waals surface area contributed by atoms with Gasteiger partial charge in [0.2, 0.25) is 5.91 Å². The van der Waals surface area contributed by atoms with Gasteiger partial charge in [-0.15, -0.1) is 0 Å². The maximum absolute atomic E-state index is 13.1. The third-order valence-corrected chi connectivity index (χ3v) is 9.98. The van der Waals surface area contributed by atoms with Gasteiger partial charge in [0.25, 0.3) is 0 Å². The van der Waals surface area contributed by atoms with Crippen molar-refractivity contribution >= 4 is 11.9 Å². The predicted octanol–water partition coefficient (Wildman–Crippen LogP) is 13.6. The summed E-state index contributed by atoms with van der Waals surface area (Å²) in [6.45, 7) is 6.26. The zero-order valence-corrected chi connectivity index (χ0v) is 36.9. The highest BCUT2D eigenvalue weighted by Crippen LogP contribution is 2.14. The lowest BCUT2D eigenvalue weighted by Crippen LogP contribution is -2.46. The molecule has 3 N–H and O–H groups in total. The molecule has 0 aromatic rings. The Morgan fingerprint density at radius 3 is 1.56 bits per heavy atom. The zero-order chi connectivity index (χ0) is 41.7. The molecule has 0 aliphatic rings. The van der Waals surface area contributed by atoms with Crippen molar-refractivity contribution in [2.45, 2.75) is 219 Å². The van der Waals surface area contributed by atoms with Crippen LogP contribution in [0.3, 0.4) is 0 Å². The number of amides is 1. The van der Waals surface area contributed by atoms with E-state index in [9.17, 15) is 19.8 Å². The predicted molar refractivity (Wildman–Crippen MR) is 245 cm³/mol. The lowest BCUT2D eigenvalue weighted by atomic mass is 10.0. The number of esters is 1. The van der Waals surface area contributed by atoms with Crippen LogP contribution in [0.2, 0.25) is 0 Å². The molecular weight excluding hydrogens is 707 g/mol. The Kier molecular flexibility index (Phi) is 41.9. The van der Waals surface area contributed by atoms with E-state index in [1.54, 1.807) is 6.08 Å². The van der Waals surface area contributed by atoms with Crippen molar-refractivity contribution < 1.29 is 24.5 Å². The van der Waals surface area contributed by atoms with Crippen molar-refractivity contribution in [3.63, 3.8) is 0 Å². The Bertz CT molecular complexity index is 1120. The molecule has 0 aromatic carbocycles. The molecule has 57 heavy (non-hydrogen) atoms. The molecule has 0 heterocycles. The molecular formula is C51H87NO5. The van der Waals surface area contributed by atoms with E-state index in [4.69, 9.17) is 4.74 Å². The van der Waals surface area contributed by atoms with Gasteiger partial charge in [0.05, 0.1) is 25.2 Å². The number of rotatable bonds is 40. The zero-order valence-electron chi connectivity index (χ0n) is 36.9. The summed E-state index contributed by atoms with van der Waals surface area (Å²) in [6, 6.07) is -0.746. The van der Waals surface area contributed by atoms with Crippen molar-refractivity contribution in [1.29, 1.82) is 0 Å². The molecule has 0 saturated heterocycles. The molecule has 6 heteroatoms. The number of hydrogen-bond acceptors (Lipinski definition) is 5. The molecule has 0 bridgehead atoms. The Labute approximate surface area is 351 Å². The first kappa shape index (κ1) is 54.0. The summed E-state index contributed by atoms with van der Waals surface area (Å²) >= 11 is 0. The molecule has 3 unspecified atom stereocenters. The van der Waals surface area contributed by atoms with Crippen LogP contribution in [-0.4, -0.2) is 46.9 Å². The minimum atomic E-state index is -0.822. The van der Waals surface area contributed by atoms with Gasteiger partial charge in [-0.2, -0.15) is 0 Å². The summed E-state index contributed by atoms with van der Waals surface area (Å²) < 4.78 is 5.79.